The van der Waals surface area contributed by atoms with Crippen LogP contribution in [-0.2, 0) is 4.79 Å². The van der Waals surface area contributed by atoms with Crippen LogP contribution in [0.3, 0.4) is 0 Å². The summed E-state index contributed by atoms with van der Waals surface area (Å²) in [6, 6.07) is 9.05. The van der Waals surface area contributed by atoms with E-state index in [2.05, 4.69) is 23.2 Å². The van der Waals surface area contributed by atoms with E-state index in [0.29, 0.717) is 17.8 Å². The van der Waals surface area contributed by atoms with Crippen molar-refractivity contribution in [2.24, 2.45) is 5.92 Å². The molecule has 100 valence electrons. The fraction of sp³-hybridized carbons (Fsp3) is 0.467. The summed E-state index contributed by atoms with van der Waals surface area (Å²) >= 11 is 0. The highest BCUT2D eigenvalue weighted by Gasteiger charge is 2.24. The van der Waals surface area contributed by atoms with Gasteiger partial charge in [-0.15, -0.1) is 0 Å². The number of carbonyl (C=O) groups is 1. The molecule has 0 atom stereocenters. The molecule has 1 fully saturated rings. The smallest absolute Gasteiger partial charge is 0.238 e. The number of anilines is 1. The Hall–Kier alpha value is -1.86. The number of likely N-dealkylation sites (N-methyl/N-ethyl adjacent to an activating group) is 1. The summed E-state index contributed by atoms with van der Waals surface area (Å²) in [5, 5.41) is 11.7. The van der Waals surface area contributed by atoms with Gasteiger partial charge in [0.25, 0.3) is 0 Å². The first-order valence-corrected chi connectivity index (χ1v) is 6.73. The standard InChI is InChI=1S/C15H19N3O/c1-2-18(10-12-6-7-12)11-15(19)17-14-5-3-4-13(8-14)9-16/h3-5,8,12H,2,6-7,10-11H2,1H3,(H,17,19). The Balaban J connectivity index is 1.86. The van der Waals surface area contributed by atoms with E-state index >= 15 is 0 Å². The molecule has 0 aromatic heterocycles. The maximum absolute atomic E-state index is 11.9. The Morgan fingerprint density at radius 1 is 1.53 bits per heavy atom. The Labute approximate surface area is 114 Å². The first-order valence-electron chi connectivity index (χ1n) is 6.73. The molecule has 1 saturated carbocycles. The normalized spacial score (nSPS) is 14.2. The topological polar surface area (TPSA) is 56.1 Å². The van der Waals surface area contributed by atoms with Gasteiger partial charge in [0.15, 0.2) is 0 Å². The van der Waals surface area contributed by atoms with Crippen molar-refractivity contribution in [2.45, 2.75) is 19.8 Å². The highest BCUT2D eigenvalue weighted by Crippen LogP contribution is 2.29. The predicted octanol–water partition coefficient (Wildman–Crippen LogP) is 2.23. The second-order valence-electron chi connectivity index (χ2n) is 5.01. The average Bonchev–Trinajstić information content (AvgIpc) is 3.22. The summed E-state index contributed by atoms with van der Waals surface area (Å²) in [5.41, 5.74) is 1.25. The van der Waals surface area contributed by atoms with Crippen LogP contribution in [0.15, 0.2) is 24.3 Å². The number of rotatable bonds is 6. The fourth-order valence-electron chi connectivity index (χ4n) is 2.04. The molecule has 0 aliphatic heterocycles. The maximum Gasteiger partial charge on any atom is 0.238 e. The van der Waals surface area contributed by atoms with Crippen molar-refractivity contribution in [3.63, 3.8) is 0 Å². The van der Waals surface area contributed by atoms with Crippen LogP contribution in [0.4, 0.5) is 5.69 Å². The van der Waals surface area contributed by atoms with Gasteiger partial charge in [-0.25, -0.2) is 0 Å². The first kappa shape index (κ1) is 13.6. The van der Waals surface area contributed by atoms with Crippen molar-refractivity contribution in [1.29, 1.82) is 5.26 Å². The van der Waals surface area contributed by atoms with E-state index in [0.717, 1.165) is 19.0 Å². The van der Waals surface area contributed by atoms with E-state index < -0.39 is 0 Å². The van der Waals surface area contributed by atoms with Crippen molar-refractivity contribution >= 4 is 11.6 Å². The zero-order valence-electron chi connectivity index (χ0n) is 11.2. The van der Waals surface area contributed by atoms with Crippen LogP contribution in [0, 0.1) is 17.2 Å². The van der Waals surface area contributed by atoms with Gasteiger partial charge >= 0.3 is 0 Å². The lowest BCUT2D eigenvalue weighted by molar-refractivity contribution is -0.117. The van der Waals surface area contributed by atoms with Crippen molar-refractivity contribution in [2.75, 3.05) is 25.0 Å². The van der Waals surface area contributed by atoms with Crippen LogP contribution in [0.5, 0.6) is 0 Å². The van der Waals surface area contributed by atoms with Crippen LogP contribution >= 0.6 is 0 Å². The number of hydrogen-bond acceptors (Lipinski definition) is 3. The molecule has 1 aromatic carbocycles. The zero-order chi connectivity index (χ0) is 13.7. The molecule has 0 radical (unpaired) electrons. The third kappa shape index (κ3) is 4.38. The lowest BCUT2D eigenvalue weighted by Gasteiger charge is -2.19. The van der Waals surface area contributed by atoms with Crippen LogP contribution < -0.4 is 5.32 Å². The molecule has 0 heterocycles. The molecule has 1 N–H and O–H groups in total. The van der Waals surface area contributed by atoms with E-state index in [9.17, 15) is 4.79 Å². The largest absolute Gasteiger partial charge is 0.325 e. The fourth-order valence-corrected chi connectivity index (χ4v) is 2.04. The number of nitrogens with zero attached hydrogens (tertiary/aromatic N) is 2. The Morgan fingerprint density at radius 3 is 2.95 bits per heavy atom. The third-order valence-corrected chi connectivity index (χ3v) is 3.30. The molecule has 4 nitrogen and oxygen atoms in total. The monoisotopic (exact) mass is 257 g/mol. The lowest BCUT2D eigenvalue weighted by atomic mass is 10.2. The molecule has 1 aliphatic rings. The van der Waals surface area contributed by atoms with Crippen LogP contribution in [0.2, 0.25) is 0 Å². The molecule has 4 heteroatoms. The van der Waals surface area contributed by atoms with Gasteiger partial charge in [-0.2, -0.15) is 5.26 Å². The van der Waals surface area contributed by atoms with Crippen molar-refractivity contribution in [3.8, 4) is 6.07 Å². The van der Waals surface area contributed by atoms with E-state index in [1.54, 1.807) is 24.3 Å². The van der Waals surface area contributed by atoms with E-state index in [-0.39, 0.29) is 5.91 Å². The molecule has 19 heavy (non-hydrogen) atoms. The van der Waals surface area contributed by atoms with Crippen molar-refractivity contribution < 1.29 is 4.79 Å². The molecular formula is C15H19N3O. The van der Waals surface area contributed by atoms with Crippen LogP contribution in [0.25, 0.3) is 0 Å². The van der Waals surface area contributed by atoms with Gasteiger partial charge in [0.2, 0.25) is 5.91 Å². The predicted molar refractivity (Wildman–Crippen MR) is 74.6 cm³/mol. The lowest BCUT2D eigenvalue weighted by Crippen LogP contribution is -2.34. The third-order valence-electron chi connectivity index (χ3n) is 3.30. The maximum atomic E-state index is 11.9. The van der Waals surface area contributed by atoms with Crippen LogP contribution in [0.1, 0.15) is 25.3 Å². The Morgan fingerprint density at radius 2 is 2.32 bits per heavy atom. The molecular weight excluding hydrogens is 238 g/mol. The summed E-state index contributed by atoms with van der Waals surface area (Å²) in [6.45, 7) is 4.40. The SMILES string of the molecule is CCN(CC(=O)Nc1cccc(C#N)c1)CC1CC1. The molecule has 0 spiro atoms. The minimum Gasteiger partial charge on any atom is -0.325 e. The van der Waals surface area contributed by atoms with E-state index in [4.69, 9.17) is 5.26 Å². The molecule has 2 rings (SSSR count). The molecule has 1 aromatic rings. The van der Waals surface area contributed by atoms with Gasteiger partial charge in [-0.1, -0.05) is 13.0 Å². The average molecular weight is 257 g/mol. The van der Waals surface area contributed by atoms with Crippen molar-refractivity contribution in [1.82, 2.24) is 4.90 Å². The van der Waals surface area contributed by atoms with E-state index in [1.807, 2.05) is 0 Å². The van der Waals surface area contributed by atoms with Gasteiger partial charge in [-0.3, -0.25) is 9.69 Å². The molecule has 1 aliphatic carbocycles. The van der Waals surface area contributed by atoms with Gasteiger partial charge in [-0.05, 0) is 43.5 Å². The summed E-state index contributed by atoms with van der Waals surface area (Å²) in [5.74, 6) is 0.771. The number of amides is 1. The summed E-state index contributed by atoms with van der Waals surface area (Å²) in [7, 11) is 0. The second kappa shape index (κ2) is 6.35. The summed E-state index contributed by atoms with van der Waals surface area (Å²) < 4.78 is 0. The number of benzene rings is 1. The Bertz CT molecular complexity index is 488. The highest BCUT2D eigenvalue weighted by atomic mass is 16.2. The molecule has 0 unspecified atom stereocenters. The highest BCUT2D eigenvalue weighted by molar-refractivity contribution is 5.92. The first-order chi connectivity index (χ1) is 9.21. The summed E-state index contributed by atoms with van der Waals surface area (Å²) in [4.78, 5) is 14.1. The van der Waals surface area contributed by atoms with Crippen LogP contribution in [-0.4, -0.2) is 30.4 Å². The number of hydrogen-bond donors (Lipinski definition) is 1. The molecule has 1 amide bonds. The molecule has 0 bridgehead atoms. The van der Waals surface area contributed by atoms with Gasteiger partial charge in [0, 0.05) is 12.2 Å². The number of nitriles is 1. The quantitative estimate of drug-likeness (QED) is 0.850. The van der Waals surface area contributed by atoms with E-state index in [1.165, 1.54) is 12.8 Å². The van der Waals surface area contributed by atoms with Gasteiger partial charge in [0.1, 0.15) is 0 Å². The van der Waals surface area contributed by atoms with Gasteiger partial charge in [0.05, 0.1) is 18.2 Å². The minimum atomic E-state index is -0.0161. The Kier molecular flexibility index (Phi) is 4.53. The van der Waals surface area contributed by atoms with Crippen molar-refractivity contribution in [3.05, 3.63) is 29.8 Å². The molecule has 0 saturated heterocycles. The second-order valence-corrected chi connectivity index (χ2v) is 5.01. The number of carbonyl (C=O) groups excluding carboxylic acids is 1. The number of nitrogens with one attached hydrogen (secondary N) is 1. The minimum absolute atomic E-state index is 0.0161. The summed E-state index contributed by atoms with van der Waals surface area (Å²) in [6.07, 6.45) is 2.59. The zero-order valence-corrected chi connectivity index (χ0v) is 11.2. The van der Waals surface area contributed by atoms with Gasteiger partial charge < -0.3 is 5.32 Å².